The molecular formula is C24H28N4O2. The lowest BCUT2D eigenvalue weighted by atomic mass is 9.98. The van der Waals surface area contributed by atoms with Crippen molar-refractivity contribution in [2.75, 3.05) is 44.9 Å². The summed E-state index contributed by atoms with van der Waals surface area (Å²) >= 11 is 0. The molecule has 0 saturated heterocycles. The lowest BCUT2D eigenvalue weighted by Gasteiger charge is -2.29. The van der Waals surface area contributed by atoms with Gasteiger partial charge in [-0.25, -0.2) is 4.98 Å². The monoisotopic (exact) mass is 404 g/mol. The maximum Gasteiger partial charge on any atom is 0.215 e. The summed E-state index contributed by atoms with van der Waals surface area (Å²) < 4.78 is 5.22. The predicted molar refractivity (Wildman–Crippen MR) is 123 cm³/mol. The number of ether oxygens (including phenoxy) is 1. The van der Waals surface area contributed by atoms with Gasteiger partial charge in [0.2, 0.25) is 5.88 Å². The van der Waals surface area contributed by atoms with Crippen molar-refractivity contribution in [3.63, 3.8) is 0 Å². The molecule has 30 heavy (non-hydrogen) atoms. The number of para-hydroxylation sites is 1. The molecule has 0 unspecified atom stereocenters. The summed E-state index contributed by atoms with van der Waals surface area (Å²) in [5.74, 6) is 0.476. The Bertz CT molecular complexity index is 1000. The number of hydrogen-bond acceptors (Lipinski definition) is 6. The molecule has 1 aromatic heterocycles. The molecule has 156 valence electrons. The van der Waals surface area contributed by atoms with Crippen LogP contribution in [0.15, 0.2) is 60.8 Å². The van der Waals surface area contributed by atoms with E-state index >= 15 is 0 Å². The molecule has 1 heterocycles. The lowest BCUT2D eigenvalue weighted by molar-refractivity contribution is 0.112. The highest BCUT2D eigenvalue weighted by Gasteiger charge is 2.19. The van der Waals surface area contributed by atoms with Crippen LogP contribution in [0.5, 0.6) is 5.88 Å². The summed E-state index contributed by atoms with van der Waals surface area (Å²) in [4.78, 5) is 20.4. The van der Waals surface area contributed by atoms with E-state index in [4.69, 9.17) is 10.5 Å². The summed E-state index contributed by atoms with van der Waals surface area (Å²) in [5, 5.41) is 0. The average Bonchev–Trinajstić information content (AvgIpc) is 2.77. The SMILES string of the molecule is COc1cc(N)c(N(CCCN(C)C)c2ccccc2-c2ccccc2C=O)cn1. The van der Waals surface area contributed by atoms with Gasteiger partial charge in [0.15, 0.2) is 6.29 Å². The third-order valence-corrected chi connectivity index (χ3v) is 4.95. The number of aldehydes is 1. The Balaban J connectivity index is 2.12. The van der Waals surface area contributed by atoms with Crippen molar-refractivity contribution in [1.82, 2.24) is 9.88 Å². The van der Waals surface area contributed by atoms with Crippen molar-refractivity contribution in [3.8, 4) is 17.0 Å². The molecule has 0 radical (unpaired) electrons. The fraction of sp³-hybridized carbons (Fsp3) is 0.250. The maximum atomic E-state index is 11.7. The van der Waals surface area contributed by atoms with E-state index < -0.39 is 0 Å². The molecule has 0 aliphatic carbocycles. The van der Waals surface area contributed by atoms with E-state index in [0.29, 0.717) is 17.1 Å². The minimum absolute atomic E-state index is 0.476. The summed E-state index contributed by atoms with van der Waals surface area (Å²) in [6.07, 6.45) is 3.57. The number of rotatable bonds is 9. The average molecular weight is 405 g/mol. The van der Waals surface area contributed by atoms with Crippen LogP contribution in [0.25, 0.3) is 11.1 Å². The maximum absolute atomic E-state index is 11.7. The second kappa shape index (κ2) is 9.89. The highest BCUT2D eigenvalue weighted by molar-refractivity contribution is 5.93. The second-order valence-electron chi connectivity index (χ2n) is 7.32. The van der Waals surface area contributed by atoms with Crippen LogP contribution >= 0.6 is 0 Å². The topological polar surface area (TPSA) is 71.7 Å². The normalized spacial score (nSPS) is 10.8. The number of nitrogens with two attached hydrogens (primary N) is 1. The Kier molecular flexibility index (Phi) is 7.03. The number of carbonyl (C=O) groups is 1. The highest BCUT2D eigenvalue weighted by Crippen LogP contribution is 2.38. The minimum Gasteiger partial charge on any atom is -0.481 e. The number of aromatic nitrogens is 1. The molecule has 0 spiro atoms. The molecule has 2 aromatic carbocycles. The van der Waals surface area contributed by atoms with Crippen molar-refractivity contribution in [2.45, 2.75) is 6.42 Å². The summed E-state index contributed by atoms with van der Waals surface area (Å²) in [6.45, 7) is 1.68. The molecule has 0 fully saturated rings. The van der Waals surface area contributed by atoms with Crippen LogP contribution in [0, 0.1) is 0 Å². The standard InChI is InChI=1S/C24H28N4O2/c1-27(2)13-8-14-28(23-16-26-24(30-3)15-21(23)25)22-12-7-6-11-20(22)19-10-5-4-9-18(19)17-29/h4-7,9-12,15-17H,8,13-14H2,1-3H3,(H2,25,26). The smallest absolute Gasteiger partial charge is 0.215 e. The van der Waals surface area contributed by atoms with Crippen LogP contribution in [0.1, 0.15) is 16.8 Å². The van der Waals surface area contributed by atoms with E-state index in [9.17, 15) is 4.79 Å². The molecule has 0 aliphatic heterocycles. The van der Waals surface area contributed by atoms with E-state index in [-0.39, 0.29) is 0 Å². The fourth-order valence-electron chi connectivity index (χ4n) is 3.48. The first-order valence-corrected chi connectivity index (χ1v) is 9.90. The first-order valence-electron chi connectivity index (χ1n) is 9.90. The van der Waals surface area contributed by atoms with Crippen LogP contribution in [0.4, 0.5) is 17.1 Å². The number of benzene rings is 2. The number of pyridine rings is 1. The number of anilines is 3. The van der Waals surface area contributed by atoms with E-state index in [1.165, 1.54) is 0 Å². The fourth-order valence-corrected chi connectivity index (χ4v) is 3.48. The summed E-state index contributed by atoms with van der Waals surface area (Å²) in [6, 6.07) is 17.4. The largest absolute Gasteiger partial charge is 0.481 e. The third kappa shape index (κ3) is 4.78. The van der Waals surface area contributed by atoms with Crippen molar-refractivity contribution >= 4 is 23.3 Å². The first-order chi connectivity index (χ1) is 14.5. The second-order valence-corrected chi connectivity index (χ2v) is 7.32. The molecule has 0 amide bonds. The molecule has 3 rings (SSSR count). The summed E-state index contributed by atoms with van der Waals surface area (Å²) in [7, 11) is 5.69. The van der Waals surface area contributed by atoms with Gasteiger partial charge in [0, 0.05) is 29.4 Å². The van der Waals surface area contributed by atoms with Gasteiger partial charge in [0.05, 0.1) is 24.7 Å². The first kappa shape index (κ1) is 21.3. The lowest BCUT2D eigenvalue weighted by Crippen LogP contribution is -2.24. The molecule has 0 atom stereocenters. The predicted octanol–water partition coefficient (Wildman–Crippen LogP) is 4.24. The van der Waals surface area contributed by atoms with Gasteiger partial charge < -0.3 is 20.3 Å². The van der Waals surface area contributed by atoms with Crippen LogP contribution < -0.4 is 15.4 Å². The molecule has 0 aliphatic rings. The Morgan fingerprint density at radius 2 is 1.70 bits per heavy atom. The van der Waals surface area contributed by atoms with Crippen molar-refractivity contribution in [2.24, 2.45) is 0 Å². The van der Waals surface area contributed by atoms with Gasteiger partial charge in [-0.3, -0.25) is 4.79 Å². The van der Waals surface area contributed by atoms with E-state index in [1.54, 1.807) is 19.4 Å². The van der Waals surface area contributed by atoms with E-state index in [1.807, 2.05) is 42.5 Å². The number of nitrogen functional groups attached to an aromatic ring is 1. The number of carbonyl (C=O) groups excluding carboxylic acids is 1. The van der Waals surface area contributed by atoms with Gasteiger partial charge in [0.1, 0.15) is 0 Å². The van der Waals surface area contributed by atoms with Crippen molar-refractivity contribution in [1.29, 1.82) is 0 Å². The van der Waals surface area contributed by atoms with Gasteiger partial charge in [-0.15, -0.1) is 0 Å². The molecule has 6 nitrogen and oxygen atoms in total. The van der Waals surface area contributed by atoms with Crippen LogP contribution in [0.2, 0.25) is 0 Å². The molecule has 3 aromatic rings. The van der Waals surface area contributed by atoms with Crippen LogP contribution in [-0.2, 0) is 0 Å². The van der Waals surface area contributed by atoms with Crippen molar-refractivity contribution in [3.05, 3.63) is 66.4 Å². The van der Waals surface area contributed by atoms with Crippen molar-refractivity contribution < 1.29 is 9.53 Å². The minimum atomic E-state index is 0.476. The molecule has 0 saturated carbocycles. The van der Waals surface area contributed by atoms with Gasteiger partial charge in [-0.2, -0.15) is 0 Å². The van der Waals surface area contributed by atoms with E-state index in [0.717, 1.165) is 48.3 Å². The zero-order valence-electron chi connectivity index (χ0n) is 17.7. The Morgan fingerprint density at radius 1 is 1.00 bits per heavy atom. The quantitative estimate of drug-likeness (QED) is 0.538. The molecule has 6 heteroatoms. The van der Waals surface area contributed by atoms with Crippen LogP contribution in [-0.4, -0.2) is 50.5 Å². The Morgan fingerprint density at radius 3 is 2.37 bits per heavy atom. The Hall–Kier alpha value is -3.38. The number of nitrogens with zero attached hydrogens (tertiary/aromatic N) is 3. The summed E-state index contributed by atoms with van der Waals surface area (Å²) in [5.41, 5.74) is 11.3. The highest BCUT2D eigenvalue weighted by atomic mass is 16.5. The van der Waals surface area contributed by atoms with Gasteiger partial charge in [0.25, 0.3) is 0 Å². The Labute approximate surface area is 177 Å². The molecule has 2 N–H and O–H groups in total. The third-order valence-electron chi connectivity index (χ3n) is 4.95. The van der Waals surface area contributed by atoms with E-state index in [2.05, 4.69) is 34.9 Å². The number of hydrogen-bond donors (Lipinski definition) is 1. The zero-order chi connectivity index (χ0) is 21.5. The zero-order valence-corrected chi connectivity index (χ0v) is 17.7. The number of methoxy groups -OCH3 is 1. The van der Waals surface area contributed by atoms with Gasteiger partial charge in [-0.05, 0) is 38.7 Å². The molecule has 0 bridgehead atoms. The van der Waals surface area contributed by atoms with Crippen LogP contribution in [0.3, 0.4) is 0 Å². The van der Waals surface area contributed by atoms with Gasteiger partial charge >= 0.3 is 0 Å². The van der Waals surface area contributed by atoms with Gasteiger partial charge in [-0.1, -0.05) is 42.5 Å². The molecular weight excluding hydrogens is 376 g/mol.